The molecule has 0 aromatic heterocycles. The van der Waals surface area contributed by atoms with Gasteiger partial charge in [-0.2, -0.15) is 0 Å². The van der Waals surface area contributed by atoms with Crippen molar-refractivity contribution in [3.8, 4) is 0 Å². The molecule has 0 fully saturated rings. The van der Waals surface area contributed by atoms with Gasteiger partial charge in [0.15, 0.2) is 0 Å². The van der Waals surface area contributed by atoms with E-state index < -0.39 is 0 Å². The van der Waals surface area contributed by atoms with E-state index in [1.165, 1.54) is 6.21 Å². The van der Waals surface area contributed by atoms with Gasteiger partial charge in [0.05, 0.1) is 6.21 Å². The highest BCUT2D eigenvalue weighted by atomic mass is 16.6. The summed E-state index contributed by atoms with van der Waals surface area (Å²) in [5, 5.41) is 26.1. The molecule has 0 saturated carbocycles. The molecular formula is C4H10N4O2. The normalized spacial score (nSPS) is 12.7. The molecule has 0 radical (unpaired) electrons. The van der Waals surface area contributed by atoms with Crippen molar-refractivity contribution in [3.63, 3.8) is 0 Å². The van der Waals surface area contributed by atoms with Gasteiger partial charge in [-0.05, 0) is 6.54 Å². The molecule has 0 aliphatic rings. The summed E-state index contributed by atoms with van der Waals surface area (Å²) in [4.78, 5) is -0.169. The second kappa shape index (κ2) is 5.96. The van der Waals surface area contributed by atoms with Crippen molar-refractivity contribution in [2.24, 2.45) is 10.4 Å². The van der Waals surface area contributed by atoms with Crippen LogP contribution in [-0.2, 0) is 0 Å². The molecule has 6 heteroatoms. The molecule has 0 aliphatic heterocycles. The van der Waals surface area contributed by atoms with Gasteiger partial charge in [-0.25, -0.2) is 0 Å². The SMILES string of the molecule is CCNCC=N[N+]([O-])=NO. The third-order valence-corrected chi connectivity index (χ3v) is 0.743. The van der Waals surface area contributed by atoms with Crippen LogP contribution in [0.3, 0.4) is 0 Å². The van der Waals surface area contributed by atoms with Crippen molar-refractivity contribution >= 4 is 6.21 Å². The predicted octanol–water partition coefficient (Wildman–Crippen LogP) is -0.0666. The van der Waals surface area contributed by atoms with Crippen LogP contribution >= 0.6 is 0 Å². The fourth-order valence-corrected chi connectivity index (χ4v) is 0.343. The van der Waals surface area contributed by atoms with Crippen molar-refractivity contribution < 1.29 is 10.2 Å². The van der Waals surface area contributed by atoms with Crippen LogP contribution in [0.15, 0.2) is 10.4 Å². The summed E-state index contributed by atoms with van der Waals surface area (Å²) in [6, 6.07) is 0. The van der Waals surface area contributed by atoms with E-state index in [-0.39, 0.29) is 4.97 Å². The summed E-state index contributed by atoms with van der Waals surface area (Å²) in [5.74, 6) is 0. The van der Waals surface area contributed by atoms with E-state index in [2.05, 4.69) is 15.7 Å². The van der Waals surface area contributed by atoms with Gasteiger partial charge >= 0.3 is 0 Å². The zero-order valence-corrected chi connectivity index (χ0v) is 5.69. The summed E-state index contributed by atoms with van der Waals surface area (Å²) in [7, 11) is 0. The van der Waals surface area contributed by atoms with E-state index >= 15 is 0 Å². The Bertz CT molecular complexity index is 133. The fourth-order valence-electron chi connectivity index (χ4n) is 0.343. The molecule has 0 unspecified atom stereocenters. The number of hydrogen-bond acceptors (Lipinski definition) is 3. The highest BCUT2D eigenvalue weighted by Crippen LogP contribution is 1.69. The summed E-state index contributed by atoms with van der Waals surface area (Å²) < 4.78 is 0. The molecule has 0 bridgehead atoms. The van der Waals surface area contributed by atoms with E-state index in [0.717, 1.165) is 6.54 Å². The second-order valence-electron chi connectivity index (χ2n) is 1.45. The van der Waals surface area contributed by atoms with Crippen molar-refractivity contribution in [2.45, 2.75) is 6.92 Å². The minimum absolute atomic E-state index is 0.169. The lowest BCUT2D eigenvalue weighted by atomic mass is 10.6. The van der Waals surface area contributed by atoms with Crippen LogP contribution in [0.1, 0.15) is 6.92 Å². The van der Waals surface area contributed by atoms with Gasteiger partial charge in [-0.15, -0.1) is 0 Å². The van der Waals surface area contributed by atoms with Gasteiger partial charge < -0.3 is 15.7 Å². The Morgan fingerprint density at radius 2 is 2.50 bits per heavy atom. The standard InChI is InChI=1S/C4H10N4O2/c1-2-5-3-4-6-8(10)7-9/h4-5,9H,2-3H2,1H3. The number of nitrogens with zero attached hydrogens (tertiary/aromatic N) is 3. The smallest absolute Gasteiger partial charge is 0.233 e. The highest BCUT2D eigenvalue weighted by molar-refractivity contribution is 5.58. The van der Waals surface area contributed by atoms with Crippen LogP contribution < -0.4 is 5.32 Å². The molecule has 6 nitrogen and oxygen atoms in total. The molecule has 0 atom stereocenters. The first-order chi connectivity index (χ1) is 4.81. The molecule has 2 N–H and O–H groups in total. The predicted molar refractivity (Wildman–Crippen MR) is 34.9 cm³/mol. The lowest BCUT2D eigenvalue weighted by molar-refractivity contribution is -0.560. The zero-order chi connectivity index (χ0) is 7.82. The zero-order valence-electron chi connectivity index (χ0n) is 5.69. The van der Waals surface area contributed by atoms with Gasteiger partial charge in [0.2, 0.25) is 5.28 Å². The number of nitrogens with one attached hydrogen (secondary N) is 1. The molecule has 0 aliphatic carbocycles. The largest absolute Gasteiger partial charge is 0.567 e. The van der Waals surface area contributed by atoms with E-state index in [4.69, 9.17) is 5.21 Å². The van der Waals surface area contributed by atoms with Crippen LogP contribution in [0.4, 0.5) is 0 Å². The lowest BCUT2D eigenvalue weighted by Crippen LogP contribution is -2.15. The summed E-state index contributed by atoms with van der Waals surface area (Å²) in [5.41, 5.74) is 0. The van der Waals surface area contributed by atoms with Gasteiger partial charge in [0.25, 0.3) is 0 Å². The maximum atomic E-state index is 10.0. The monoisotopic (exact) mass is 146 g/mol. The Balaban J connectivity index is 3.37. The molecule has 0 aromatic carbocycles. The third kappa shape index (κ3) is 4.98. The fraction of sp³-hybridized carbons (Fsp3) is 0.750. The summed E-state index contributed by atoms with van der Waals surface area (Å²) >= 11 is 0. The van der Waals surface area contributed by atoms with Crippen molar-refractivity contribution in [3.05, 3.63) is 5.21 Å². The number of hydrazone groups is 1. The van der Waals surface area contributed by atoms with Crippen molar-refractivity contribution in [1.82, 2.24) is 5.32 Å². The van der Waals surface area contributed by atoms with Gasteiger partial charge in [-0.3, -0.25) is 0 Å². The Kier molecular flexibility index (Phi) is 5.26. The van der Waals surface area contributed by atoms with E-state index in [9.17, 15) is 5.21 Å². The molecule has 58 valence electrons. The van der Waals surface area contributed by atoms with E-state index in [1.54, 1.807) is 0 Å². The quantitative estimate of drug-likeness (QED) is 0.191. The Labute approximate surface area is 58.4 Å². The van der Waals surface area contributed by atoms with Crippen LogP contribution in [-0.4, -0.2) is 29.5 Å². The molecule has 10 heavy (non-hydrogen) atoms. The molecule has 0 spiro atoms. The Morgan fingerprint density at radius 1 is 1.80 bits per heavy atom. The molecule has 0 aromatic rings. The maximum Gasteiger partial charge on any atom is 0.233 e. The number of rotatable bonds is 4. The average Bonchev–Trinajstić information content (AvgIpc) is 1.98. The topological polar surface area (TPSA) is 83.0 Å². The minimum Gasteiger partial charge on any atom is -0.567 e. The number of hydrogen-bond donors (Lipinski definition) is 2. The van der Waals surface area contributed by atoms with Gasteiger partial charge in [0, 0.05) is 11.6 Å². The summed E-state index contributed by atoms with van der Waals surface area (Å²) in [6.07, 6.45) is 1.32. The minimum atomic E-state index is -0.169. The molecule has 0 amide bonds. The molecular weight excluding hydrogens is 136 g/mol. The first-order valence-corrected chi connectivity index (χ1v) is 2.86. The van der Waals surface area contributed by atoms with Gasteiger partial charge in [-0.1, -0.05) is 6.92 Å². The van der Waals surface area contributed by atoms with Crippen molar-refractivity contribution in [1.29, 1.82) is 0 Å². The molecule has 0 heterocycles. The molecule has 0 rings (SSSR count). The summed E-state index contributed by atoms with van der Waals surface area (Å²) in [6.45, 7) is 3.23. The average molecular weight is 146 g/mol. The van der Waals surface area contributed by atoms with Crippen LogP contribution in [0, 0.1) is 5.21 Å². The third-order valence-electron chi connectivity index (χ3n) is 0.743. The Hall–Kier alpha value is -1.17. The first kappa shape index (κ1) is 8.83. The van der Waals surface area contributed by atoms with E-state index in [1.807, 2.05) is 6.92 Å². The van der Waals surface area contributed by atoms with Crippen molar-refractivity contribution in [2.75, 3.05) is 13.1 Å². The van der Waals surface area contributed by atoms with E-state index in [0.29, 0.717) is 6.54 Å². The maximum absolute atomic E-state index is 10.0. The lowest BCUT2D eigenvalue weighted by Gasteiger charge is -1.89. The molecule has 0 saturated heterocycles. The van der Waals surface area contributed by atoms with Crippen LogP contribution in [0.25, 0.3) is 0 Å². The second-order valence-corrected chi connectivity index (χ2v) is 1.45. The van der Waals surface area contributed by atoms with Gasteiger partial charge in [0.1, 0.15) is 4.97 Å². The van der Waals surface area contributed by atoms with Crippen LogP contribution in [0.5, 0.6) is 0 Å². The first-order valence-electron chi connectivity index (χ1n) is 2.86. The van der Waals surface area contributed by atoms with Crippen LogP contribution in [0.2, 0.25) is 0 Å². The highest BCUT2D eigenvalue weighted by Gasteiger charge is 1.83. The Morgan fingerprint density at radius 3 is 3.00 bits per heavy atom.